The lowest BCUT2D eigenvalue weighted by Gasteiger charge is -2.29. The normalized spacial score (nSPS) is 15.4. The van der Waals surface area contributed by atoms with Crippen LogP contribution in [0, 0.1) is 0 Å². The van der Waals surface area contributed by atoms with Crippen molar-refractivity contribution in [2.45, 2.75) is 37.3 Å². The molecule has 2 N–H and O–H groups in total. The SMILES string of the molecule is CN(C)CC(NC(=O)OCC1c2ccccc2-c2ccccc21)C(=O)N(CCC(=O)O)C1CC1. The van der Waals surface area contributed by atoms with E-state index in [0.717, 1.165) is 35.1 Å². The van der Waals surface area contributed by atoms with Crippen LogP contribution in [0.15, 0.2) is 48.5 Å². The summed E-state index contributed by atoms with van der Waals surface area (Å²) in [5, 5.41) is 11.8. The lowest BCUT2D eigenvalue weighted by Crippen LogP contribution is -2.54. The zero-order chi connectivity index (χ0) is 24.2. The van der Waals surface area contributed by atoms with Crippen LogP contribution in [0.4, 0.5) is 4.79 Å². The van der Waals surface area contributed by atoms with Crippen molar-refractivity contribution in [2.24, 2.45) is 0 Å². The molecule has 1 fully saturated rings. The van der Waals surface area contributed by atoms with Gasteiger partial charge in [-0.15, -0.1) is 0 Å². The fourth-order valence-corrected chi connectivity index (χ4v) is 4.61. The number of hydrogen-bond donors (Lipinski definition) is 2. The van der Waals surface area contributed by atoms with Gasteiger partial charge in [-0.1, -0.05) is 48.5 Å². The van der Waals surface area contributed by atoms with E-state index in [1.54, 1.807) is 4.90 Å². The average Bonchev–Trinajstić information content (AvgIpc) is 3.59. The summed E-state index contributed by atoms with van der Waals surface area (Å²) >= 11 is 0. The van der Waals surface area contributed by atoms with Crippen molar-refractivity contribution >= 4 is 18.0 Å². The molecule has 4 rings (SSSR count). The fraction of sp³-hybridized carbons (Fsp3) is 0.423. The maximum absolute atomic E-state index is 13.2. The summed E-state index contributed by atoms with van der Waals surface area (Å²) in [6.07, 6.45) is 0.925. The Balaban J connectivity index is 1.42. The highest BCUT2D eigenvalue weighted by Gasteiger charge is 2.37. The minimum atomic E-state index is -0.952. The van der Waals surface area contributed by atoms with Gasteiger partial charge in [0.25, 0.3) is 0 Å². The number of benzene rings is 2. The van der Waals surface area contributed by atoms with Crippen molar-refractivity contribution in [3.63, 3.8) is 0 Å². The molecule has 1 atom stereocenters. The second-order valence-electron chi connectivity index (χ2n) is 9.19. The summed E-state index contributed by atoms with van der Waals surface area (Å²) in [7, 11) is 3.64. The molecule has 8 heteroatoms. The summed E-state index contributed by atoms with van der Waals surface area (Å²) < 4.78 is 5.62. The molecule has 2 aliphatic carbocycles. The largest absolute Gasteiger partial charge is 0.481 e. The van der Waals surface area contributed by atoms with Gasteiger partial charge in [0.2, 0.25) is 5.91 Å². The lowest BCUT2D eigenvalue weighted by molar-refractivity contribution is -0.139. The molecule has 2 amide bonds. The molecular weight excluding hydrogens is 434 g/mol. The molecule has 2 aliphatic rings. The Hall–Kier alpha value is -3.39. The van der Waals surface area contributed by atoms with Gasteiger partial charge in [-0.2, -0.15) is 0 Å². The monoisotopic (exact) mass is 465 g/mol. The third-order valence-corrected chi connectivity index (χ3v) is 6.32. The number of ether oxygens (including phenoxy) is 1. The van der Waals surface area contributed by atoms with Crippen LogP contribution >= 0.6 is 0 Å². The Morgan fingerprint density at radius 2 is 1.62 bits per heavy atom. The first kappa shape index (κ1) is 23.8. The molecular formula is C26H31N3O5. The fourth-order valence-electron chi connectivity index (χ4n) is 4.61. The summed E-state index contributed by atoms with van der Waals surface area (Å²) in [6, 6.07) is 15.4. The lowest BCUT2D eigenvalue weighted by atomic mass is 9.98. The molecule has 1 saturated carbocycles. The van der Waals surface area contributed by atoms with Gasteiger partial charge in [0.05, 0.1) is 6.42 Å². The van der Waals surface area contributed by atoms with E-state index in [4.69, 9.17) is 9.84 Å². The third-order valence-electron chi connectivity index (χ3n) is 6.32. The van der Waals surface area contributed by atoms with Crippen LogP contribution in [0.1, 0.15) is 36.3 Å². The topological polar surface area (TPSA) is 99.2 Å². The highest BCUT2D eigenvalue weighted by atomic mass is 16.5. The summed E-state index contributed by atoms with van der Waals surface area (Å²) in [6.45, 7) is 0.586. The molecule has 0 saturated heterocycles. The second-order valence-corrected chi connectivity index (χ2v) is 9.19. The Labute approximate surface area is 199 Å². The standard InChI is InChI=1S/C26H31N3O5/c1-28(2)15-23(25(32)29(17-11-12-17)14-13-24(30)31)27-26(33)34-16-22-20-9-5-3-7-18(20)19-8-4-6-10-21(19)22/h3-10,17,22-23H,11-16H2,1-2H3,(H,27,33)(H,30,31). The number of carboxylic acids is 1. The van der Waals surface area contributed by atoms with Crippen LogP contribution in [-0.4, -0.2) is 78.8 Å². The van der Waals surface area contributed by atoms with Crippen LogP contribution in [-0.2, 0) is 14.3 Å². The molecule has 0 aliphatic heterocycles. The number of rotatable bonds is 10. The third kappa shape index (κ3) is 5.39. The average molecular weight is 466 g/mol. The number of carbonyl (C=O) groups excluding carboxylic acids is 2. The Bertz CT molecular complexity index is 1020. The Morgan fingerprint density at radius 3 is 2.15 bits per heavy atom. The predicted molar refractivity (Wildman–Crippen MR) is 128 cm³/mol. The number of carboxylic acid groups (broad SMARTS) is 1. The van der Waals surface area contributed by atoms with Crippen LogP contribution in [0.3, 0.4) is 0 Å². The molecule has 2 aromatic carbocycles. The maximum atomic E-state index is 13.2. The van der Waals surface area contributed by atoms with E-state index in [1.807, 2.05) is 43.3 Å². The zero-order valence-electron chi connectivity index (χ0n) is 19.6. The van der Waals surface area contributed by atoms with Gasteiger partial charge in [-0.05, 0) is 49.2 Å². The molecule has 0 radical (unpaired) electrons. The van der Waals surface area contributed by atoms with Crippen molar-refractivity contribution < 1.29 is 24.2 Å². The van der Waals surface area contributed by atoms with Crippen molar-refractivity contribution in [1.29, 1.82) is 0 Å². The minimum Gasteiger partial charge on any atom is -0.481 e. The first-order valence-corrected chi connectivity index (χ1v) is 11.6. The van der Waals surface area contributed by atoms with Crippen molar-refractivity contribution in [2.75, 3.05) is 33.8 Å². The van der Waals surface area contributed by atoms with E-state index in [-0.39, 0.29) is 37.4 Å². The summed E-state index contributed by atoms with van der Waals surface area (Å²) in [4.78, 5) is 40.5. The number of carbonyl (C=O) groups is 3. The van der Waals surface area contributed by atoms with E-state index in [9.17, 15) is 14.4 Å². The number of amides is 2. The number of nitrogens with zero attached hydrogens (tertiary/aromatic N) is 2. The van der Waals surface area contributed by atoms with Crippen LogP contribution < -0.4 is 5.32 Å². The van der Waals surface area contributed by atoms with Gasteiger partial charge >= 0.3 is 12.1 Å². The van der Waals surface area contributed by atoms with Gasteiger partial charge in [0.1, 0.15) is 12.6 Å². The van der Waals surface area contributed by atoms with Gasteiger partial charge < -0.3 is 25.0 Å². The molecule has 8 nitrogen and oxygen atoms in total. The number of likely N-dealkylation sites (N-methyl/N-ethyl adjacent to an activating group) is 1. The van der Waals surface area contributed by atoms with E-state index in [0.29, 0.717) is 6.54 Å². The first-order valence-electron chi connectivity index (χ1n) is 11.6. The van der Waals surface area contributed by atoms with E-state index in [1.165, 1.54) is 0 Å². The molecule has 2 aromatic rings. The van der Waals surface area contributed by atoms with E-state index < -0.39 is 18.1 Å². The van der Waals surface area contributed by atoms with Crippen LogP contribution in [0.25, 0.3) is 11.1 Å². The first-order chi connectivity index (χ1) is 16.3. The minimum absolute atomic E-state index is 0.0424. The smallest absolute Gasteiger partial charge is 0.407 e. The molecule has 0 aromatic heterocycles. The number of nitrogens with one attached hydrogen (secondary N) is 1. The van der Waals surface area contributed by atoms with Gasteiger partial charge in [-0.3, -0.25) is 9.59 Å². The Kier molecular flexibility index (Phi) is 7.17. The molecule has 180 valence electrons. The zero-order valence-corrected chi connectivity index (χ0v) is 19.6. The van der Waals surface area contributed by atoms with Crippen LogP contribution in [0.5, 0.6) is 0 Å². The molecule has 0 bridgehead atoms. The van der Waals surface area contributed by atoms with Gasteiger partial charge in [0.15, 0.2) is 0 Å². The second kappa shape index (κ2) is 10.3. The highest BCUT2D eigenvalue weighted by Crippen LogP contribution is 2.44. The van der Waals surface area contributed by atoms with Crippen molar-refractivity contribution in [3.8, 4) is 11.1 Å². The highest BCUT2D eigenvalue weighted by molar-refractivity contribution is 5.87. The van der Waals surface area contributed by atoms with Crippen LogP contribution in [0.2, 0.25) is 0 Å². The summed E-state index contributed by atoms with van der Waals surface area (Å²) in [5.41, 5.74) is 4.52. The molecule has 0 spiro atoms. The van der Waals surface area contributed by atoms with Crippen molar-refractivity contribution in [3.05, 3.63) is 59.7 Å². The van der Waals surface area contributed by atoms with E-state index in [2.05, 4.69) is 29.6 Å². The number of aliphatic carboxylic acids is 1. The predicted octanol–water partition coefficient (Wildman–Crippen LogP) is 2.92. The molecule has 1 unspecified atom stereocenters. The number of alkyl carbamates (subject to hydrolysis) is 1. The number of hydrogen-bond acceptors (Lipinski definition) is 5. The molecule has 0 heterocycles. The number of fused-ring (bicyclic) bond motifs is 3. The Morgan fingerprint density at radius 1 is 1.03 bits per heavy atom. The maximum Gasteiger partial charge on any atom is 0.407 e. The quantitative estimate of drug-likeness (QED) is 0.560. The van der Waals surface area contributed by atoms with Gasteiger partial charge in [0, 0.05) is 25.0 Å². The molecule has 34 heavy (non-hydrogen) atoms. The van der Waals surface area contributed by atoms with Crippen molar-refractivity contribution in [1.82, 2.24) is 15.1 Å². The summed E-state index contributed by atoms with van der Waals surface area (Å²) in [5.74, 6) is -1.29. The van der Waals surface area contributed by atoms with Gasteiger partial charge in [-0.25, -0.2) is 4.79 Å². The van der Waals surface area contributed by atoms with E-state index >= 15 is 0 Å².